The number of halogens is 3. The molecule has 6 heteroatoms. The van der Waals surface area contributed by atoms with Gasteiger partial charge in [-0.05, 0) is 38.6 Å². The van der Waals surface area contributed by atoms with Crippen LogP contribution in [0.5, 0.6) is 0 Å². The van der Waals surface area contributed by atoms with E-state index in [4.69, 9.17) is 0 Å². The van der Waals surface area contributed by atoms with E-state index in [-0.39, 0.29) is 23.9 Å². The van der Waals surface area contributed by atoms with Crippen molar-refractivity contribution < 1.29 is 18.0 Å². The van der Waals surface area contributed by atoms with E-state index in [0.29, 0.717) is 13.1 Å². The zero-order chi connectivity index (χ0) is 17.0. The number of carbonyl (C=O) groups is 1. The second kappa shape index (κ2) is 7.34. The van der Waals surface area contributed by atoms with Crippen molar-refractivity contribution in [2.24, 2.45) is 5.92 Å². The summed E-state index contributed by atoms with van der Waals surface area (Å²) in [7, 11) is 3.77. The number of nitrogens with zero attached hydrogens (tertiary/aromatic N) is 2. The van der Waals surface area contributed by atoms with Crippen molar-refractivity contribution in [2.45, 2.75) is 32.0 Å². The molecule has 3 nitrogen and oxygen atoms in total. The van der Waals surface area contributed by atoms with E-state index in [9.17, 15) is 18.0 Å². The number of rotatable bonds is 6. The van der Waals surface area contributed by atoms with Gasteiger partial charge in [-0.3, -0.25) is 4.79 Å². The first kappa shape index (κ1) is 17.8. The molecule has 1 aliphatic carbocycles. The van der Waals surface area contributed by atoms with Crippen molar-refractivity contribution in [1.29, 1.82) is 0 Å². The second-order valence-electron chi connectivity index (χ2n) is 6.35. The van der Waals surface area contributed by atoms with Gasteiger partial charge in [0, 0.05) is 25.6 Å². The Labute approximate surface area is 135 Å². The first-order valence-electron chi connectivity index (χ1n) is 7.87. The molecule has 0 radical (unpaired) electrons. The lowest BCUT2D eigenvalue weighted by atomic mass is 9.84. The highest BCUT2D eigenvalue weighted by Gasteiger charge is 2.35. The molecule has 0 atom stereocenters. The molecule has 128 valence electrons. The molecule has 1 aromatic carbocycles. The highest BCUT2D eigenvalue weighted by atomic mass is 19.4. The maximum atomic E-state index is 13.1. The average molecular weight is 328 g/mol. The molecular formula is C17H23F3N2O. The molecule has 23 heavy (non-hydrogen) atoms. The predicted octanol–water partition coefficient (Wildman–Crippen LogP) is 3.40. The fourth-order valence-electron chi connectivity index (χ4n) is 2.64. The fourth-order valence-corrected chi connectivity index (χ4v) is 2.64. The minimum Gasteiger partial charge on any atom is -0.337 e. The SMILES string of the molecule is CN(C)CCN(Cc1ccccc1C(F)(F)F)C(=O)C1CCC1. The number of benzene rings is 1. The number of alkyl halides is 3. The lowest BCUT2D eigenvalue weighted by Crippen LogP contribution is -2.42. The molecule has 1 aromatic rings. The van der Waals surface area contributed by atoms with E-state index in [1.807, 2.05) is 19.0 Å². The van der Waals surface area contributed by atoms with Crippen molar-refractivity contribution >= 4 is 5.91 Å². The van der Waals surface area contributed by atoms with E-state index in [2.05, 4.69) is 0 Å². The molecule has 1 fully saturated rings. The zero-order valence-corrected chi connectivity index (χ0v) is 13.6. The molecule has 1 saturated carbocycles. The molecule has 1 amide bonds. The van der Waals surface area contributed by atoms with E-state index in [1.165, 1.54) is 12.1 Å². The van der Waals surface area contributed by atoms with Crippen LogP contribution in [0.1, 0.15) is 30.4 Å². The van der Waals surface area contributed by atoms with Crippen LogP contribution in [0.4, 0.5) is 13.2 Å². The summed E-state index contributed by atoms with van der Waals surface area (Å²) in [6, 6.07) is 5.50. The Kier molecular flexibility index (Phi) is 5.68. The monoisotopic (exact) mass is 328 g/mol. The maximum Gasteiger partial charge on any atom is 0.416 e. The standard InChI is InChI=1S/C17H23F3N2O/c1-21(2)10-11-22(16(23)13-7-5-8-13)12-14-6-3-4-9-15(14)17(18,19)20/h3-4,6,9,13H,5,7-8,10-12H2,1-2H3. The zero-order valence-electron chi connectivity index (χ0n) is 13.6. The van der Waals surface area contributed by atoms with Gasteiger partial charge in [-0.1, -0.05) is 24.6 Å². The second-order valence-corrected chi connectivity index (χ2v) is 6.35. The summed E-state index contributed by atoms with van der Waals surface area (Å²) < 4.78 is 39.4. The summed E-state index contributed by atoms with van der Waals surface area (Å²) in [4.78, 5) is 16.0. The Morgan fingerprint density at radius 2 is 1.83 bits per heavy atom. The number of carbonyl (C=O) groups excluding carboxylic acids is 1. The minimum atomic E-state index is -4.40. The van der Waals surface area contributed by atoms with Crippen LogP contribution < -0.4 is 0 Å². The van der Waals surface area contributed by atoms with Gasteiger partial charge in [-0.15, -0.1) is 0 Å². The molecule has 0 aromatic heterocycles. The predicted molar refractivity (Wildman–Crippen MR) is 82.8 cm³/mol. The first-order valence-corrected chi connectivity index (χ1v) is 7.87. The van der Waals surface area contributed by atoms with Gasteiger partial charge in [-0.25, -0.2) is 0 Å². The van der Waals surface area contributed by atoms with Crippen molar-refractivity contribution in [1.82, 2.24) is 9.80 Å². The molecule has 0 aliphatic heterocycles. The number of hydrogen-bond acceptors (Lipinski definition) is 2. The molecule has 0 saturated heterocycles. The third-order valence-electron chi connectivity index (χ3n) is 4.27. The highest BCUT2D eigenvalue weighted by molar-refractivity contribution is 5.79. The third-order valence-corrected chi connectivity index (χ3v) is 4.27. The number of likely N-dealkylation sites (N-methyl/N-ethyl adjacent to an activating group) is 1. The van der Waals surface area contributed by atoms with Crippen LogP contribution in [0.15, 0.2) is 24.3 Å². The topological polar surface area (TPSA) is 23.6 Å². The summed E-state index contributed by atoms with van der Waals surface area (Å²) in [6.07, 6.45) is -1.68. The lowest BCUT2D eigenvalue weighted by molar-refractivity contribution is -0.142. The third kappa shape index (κ3) is 4.70. The van der Waals surface area contributed by atoms with Crippen molar-refractivity contribution in [3.63, 3.8) is 0 Å². The Hall–Kier alpha value is -1.56. The first-order chi connectivity index (χ1) is 10.8. The van der Waals surface area contributed by atoms with Gasteiger partial charge in [0.1, 0.15) is 0 Å². The van der Waals surface area contributed by atoms with Gasteiger partial charge < -0.3 is 9.80 Å². The molecule has 0 unspecified atom stereocenters. The fraction of sp³-hybridized carbons (Fsp3) is 0.588. The molecule has 0 bridgehead atoms. The van der Waals surface area contributed by atoms with Gasteiger partial charge in [0.05, 0.1) is 5.56 Å². The van der Waals surface area contributed by atoms with Crippen LogP contribution in [-0.2, 0) is 17.5 Å². The Balaban J connectivity index is 2.18. The van der Waals surface area contributed by atoms with Crippen LogP contribution in [0.25, 0.3) is 0 Å². The maximum absolute atomic E-state index is 13.1. The van der Waals surface area contributed by atoms with Crippen molar-refractivity contribution in [3.05, 3.63) is 35.4 Å². The van der Waals surface area contributed by atoms with Crippen LogP contribution in [0.3, 0.4) is 0 Å². The summed E-state index contributed by atoms with van der Waals surface area (Å²) >= 11 is 0. The quantitative estimate of drug-likeness (QED) is 0.799. The number of amides is 1. The van der Waals surface area contributed by atoms with Gasteiger partial charge >= 0.3 is 6.18 Å². The van der Waals surface area contributed by atoms with Crippen LogP contribution in [0.2, 0.25) is 0 Å². The summed E-state index contributed by atoms with van der Waals surface area (Å²) in [6.45, 7) is 1.08. The Bertz CT molecular complexity index is 539. The van der Waals surface area contributed by atoms with Crippen molar-refractivity contribution in [3.8, 4) is 0 Å². The van der Waals surface area contributed by atoms with Crippen LogP contribution >= 0.6 is 0 Å². The Morgan fingerprint density at radius 1 is 1.17 bits per heavy atom. The Morgan fingerprint density at radius 3 is 2.35 bits per heavy atom. The molecule has 0 spiro atoms. The largest absolute Gasteiger partial charge is 0.416 e. The van der Waals surface area contributed by atoms with Gasteiger partial charge in [-0.2, -0.15) is 13.2 Å². The summed E-state index contributed by atoms with van der Waals surface area (Å²) in [5.41, 5.74) is -0.498. The molecular weight excluding hydrogens is 305 g/mol. The molecule has 0 heterocycles. The summed E-state index contributed by atoms with van der Waals surface area (Å²) in [5, 5.41) is 0. The van der Waals surface area contributed by atoms with E-state index < -0.39 is 11.7 Å². The average Bonchev–Trinajstić information content (AvgIpc) is 2.40. The van der Waals surface area contributed by atoms with E-state index >= 15 is 0 Å². The lowest BCUT2D eigenvalue weighted by Gasteiger charge is -2.33. The van der Waals surface area contributed by atoms with Gasteiger partial charge in [0.2, 0.25) is 5.91 Å². The molecule has 2 rings (SSSR count). The molecule has 1 aliphatic rings. The van der Waals surface area contributed by atoms with Crippen LogP contribution in [-0.4, -0.2) is 42.9 Å². The summed E-state index contributed by atoms with van der Waals surface area (Å²) in [5.74, 6) is -0.0368. The normalized spacial score (nSPS) is 15.6. The van der Waals surface area contributed by atoms with Crippen molar-refractivity contribution in [2.75, 3.05) is 27.2 Å². The highest BCUT2D eigenvalue weighted by Crippen LogP contribution is 2.33. The number of hydrogen-bond donors (Lipinski definition) is 0. The molecule has 0 N–H and O–H groups in total. The van der Waals surface area contributed by atoms with Crippen LogP contribution in [0, 0.1) is 5.92 Å². The van der Waals surface area contributed by atoms with Gasteiger partial charge in [0.15, 0.2) is 0 Å². The smallest absolute Gasteiger partial charge is 0.337 e. The van der Waals surface area contributed by atoms with E-state index in [0.717, 1.165) is 25.3 Å². The minimum absolute atomic E-state index is 0.0128. The van der Waals surface area contributed by atoms with Gasteiger partial charge in [0.25, 0.3) is 0 Å². The van der Waals surface area contributed by atoms with E-state index in [1.54, 1.807) is 11.0 Å².